The van der Waals surface area contributed by atoms with Crippen molar-refractivity contribution in [2.75, 3.05) is 44.3 Å². The third-order valence-electron chi connectivity index (χ3n) is 7.03. The Balaban J connectivity index is 1.55. The number of nitrogens with zero attached hydrogens (tertiary/aromatic N) is 3. The van der Waals surface area contributed by atoms with Crippen LogP contribution in [-0.4, -0.2) is 61.2 Å². The SMILES string of the molecule is CCC(C)(C)C1CC[C@@H](N2CCN(c3ccc(C(=O)NCCF)nc3F)CC2)C1. The second-order valence-corrected chi connectivity index (χ2v) is 8.98. The van der Waals surface area contributed by atoms with E-state index in [0.29, 0.717) is 17.1 Å². The van der Waals surface area contributed by atoms with Crippen molar-refractivity contribution in [1.29, 1.82) is 0 Å². The largest absolute Gasteiger partial charge is 0.365 e. The quantitative estimate of drug-likeness (QED) is 0.700. The maximum Gasteiger partial charge on any atom is 0.270 e. The lowest BCUT2D eigenvalue weighted by Crippen LogP contribution is -2.50. The second kappa shape index (κ2) is 9.37. The Labute approximate surface area is 172 Å². The van der Waals surface area contributed by atoms with Crippen molar-refractivity contribution >= 4 is 11.6 Å². The van der Waals surface area contributed by atoms with E-state index in [-0.39, 0.29) is 12.2 Å². The number of hydrogen-bond acceptors (Lipinski definition) is 4. The predicted molar refractivity (Wildman–Crippen MR) is 111 cm³/mol. The summed E-state index contributed by atoms with van der Waals surface area (Å²) in [6, 6.07) is 3.75. The van der Waals surface area contributed by atoms with Crippen molar-refractivity contribution in [3.8, 4) is 0 Å². The average Bonchev–Trinajstić information content (AvgIpc) is 3.23. The Hall–Kier alpha value is -1.76. The molecule has 2 aliphatic rings. The number of aromatic nitrogens is 1. The molecule has 1 aromatic rings. The lowest BCUT2D eigenvalue weighted by Gasteiger charge is -2.39. The van der Waals surface area contributed by atoms with Crippen LogP contribution >= 0.6 is 0 Å². The van der Waals surface area contributed by atoms with Gasteiger partial charge in [-0.3, -0.25) is 9.69 Å². The molecule has 1 unspecified atom stereocenters. The van der Waals surface area contributed by atoms with Gasteiger partial charge in [0.05, 0.1) is 5.69 Å². The first-order valence-corrected chi connectivity index (χ1v) is 10.9. The van der Waals surface area contributed by atoms with Crippen LogP contribution in [-0.2, 0) is 0 Å². The summed E-state index contributed by atoms with van der Waals surface area (Å²) >= 11 is 0. The molecule has 1 aliphatic heterocycles. The van der Waals surface area contributed by atoms with Gasteiger partial charge in [-0.1, -0.05) is 27.2 Å². The van der Waals surface area contributed by atoms with Gasteiger partial charge in [-0.25, -0.2) is 9.37 Å². The van der Waals surface area contributed by atoms with E-state index in [1.165, 1.54) is 31.7 Å². The normalized spacial score (nSPS) is 23.4. The molecule has 2 fully saturated rings. The topological polar surface area (TPSA) is 48.5 Å². The first-order valence-electron chi connectivity index (χ1n) is 10.9. The Morgan fingerprint density at radius 1 is 1.24 bits per heavy atom. The van der Waals surface area contributed by atoms with Crippen LogP contribution in [0.25, 0.3) is 0 Å². The zero-order chi connectivity index (χ0) is 21.0. The van der Waals surface area contributed by atoms with Gasteiger partial charge >= 0.3 is 0 Å². The van der Waals surface area contributed by atoms with Crippen molar-refractivity contribution in [1.82, 2.24) is 15.2 Å². The maximum absolute atomic E-state index is 14.5. The number of hydrogen-bond donors (Lipinski definition) is 1. The molecule has 1 saturated heterocycles. The Morgan fingerprint density at radius 3 is 2.59 bits per heavy atom. The summed E-state index contributed by atoms with van der Waals surface area (Å²) in [6.45, 7) is 9.64. The number of alkyl halides is 1. The third-order valence-corrected chi connectivity index (χ3v) is 7.03. The van der Waals surface area contributed by atoms with Gasteiger partial charge in [0.25, 0.3) is 5.91 Å². The predicted octanol–water partition coefficient (Wildman–Crippen LogP) is 3.65. The zero-order valence-corrected chi connectivity index (χ0v) is 17.9. The van der Waals surface area contributed by atoms with E-state index in [1.807, 2.05) is 4.90 Å². The molecule has 29 heavy (non-hydrogen) atoms. The van der Waals surface area contributed by atoms with Gasteiger partial charge in [-0.2, -0.15) is 4.39 Å². The molecular formula is C22H34F2N4O. The minimum Gasteiger partial charge on any atom is -0.365 e. The van der Waals surface area contributed by atoms with Crippen molar-refractivity contribution in [2.24, 2.45) is 11.3 Å². The van der Waals surface area contributed by atoms with Crippen LogP contribution in [0.4, 0.5) is 14.5 Å². The first kappa shape index (κ1) is 21.9. The number of nitrogens with one attached hydrogen (secondary N) is 1. The van der Waals surface area contributed by atoms with Crippen LogP contribution in [0.2, 0.25) is 0 Å². The van der Waals surface area contributed by atoms with E-state index in [9.17, 15) is 13.6 Å². The van der Waals surface area contributed by atoms with Gasteiger partial charge in [0, 0.05) is 38.8 Å². The molecule has 3 rings (SSSR count). The Morgan fingerprint density at radius 2 is 1.97 bits per heavy atom. The Kier molecular flexibility index (Phi) is 7.09. The molecule has 1 amide bonds. The van der Waals surface area contributed by atoms with E-state index in [0.717, 1.165) is 32.1 Å². The van der Waals surface area contributed by atoms with Crippen LogP contribution in [0.1, 0.15) is 56.9 Å². The van der Waals surface area contributed by atoms with E-state index in [1.54, 1.807) is 6.07 Å². The number of carbonyl (C=O) groups excluding carboxylic acids is 1. The number of halogens is 2. The molecule has 0 spiro atoms. The van der Waals surface area contributed by atoms with Crippen LogP contribution in [0.3, 0.4) is 0 Å². The molecule has 0 bridgehead atoms. The summed E-state index contributed by atoms with van der Waals surface area (Å²) in [5, 5.41) is 2.37. The van der Waals surface area contributed by atoms with Gasteiger partial charge in [-0.05, 0) is 42.7 Å². The molecule has 7 heteroatoms. The number of carbonyl (C=O) groups is 1. The summed E-state index contributed by atoms with van der Waals surface area (Å²) in [5.74, 6) is -0.408. The van der Waals surface area contributed by atoms with Crippen molar-refractivity contribution in [3.63, 3.8) is 0 Å². The molecule has 0 radical (unpaired) electrons. The number of pyridine rings is 1. The zero-order valence-electron chi connectivity index (χ0n) is 17.9. The standard InChI is InChI=1S/C22H34F2N4O/c1-4-22(2,3)16-5-6-17(15-16)27-11-13-28(14-12-27)19-8-7-18(26-20(19)24)21(29)25-10-9-23/h7-8,16-17H,4-6,9-15H2,1-3H3,(H,25,29)/t16?,17-/m1/s1. The molecule has 1 aliphatic carbocycles. The van der Waals surface area contributed by atoms with Crippen molar-refractivity contribution < 1.29 is 13.6 Å². The summed E-state index contributed by atoms with van der Waals surface area (Å²) < 4.78 is 26.7. The van der Waals surface area contributed by atoms with Gasteiger partial charge in [-0.15, -0.1) is 0 Å². The number of anilines is 1. The first-order chi connectivity index (χ1) is 13.9. The van der Waals surface area contributed by atoms with Crippen molar-refractivity contribution in [3.05, 3.63) is 23.8 Å². The maximum atomic E-state index is 14.5. The molecule has 2 atom stereocenters. The van der Waals surface area contributed by atoms with Gasteiger partial charge in [0.1, 0.15) is 12.4 Å². The third kappa shape index (κ3) is 5.05. The summed E-state index contributed by atoms with van der Waals surface area (Å²) in [4.78, 5) is 20.2. The fourth-order valence-electron chi connectivity index (χ4n) is 4.66. The summed E-state index contributed by atoms with van der Waals surface area (Å²) in [6.07, 6.45) is 5.04. The molecular weight excluding hydrogens is 374 g/mol. The fraction of sp³-hybridized carbons (Fsp3) is 0.727. The highest BCUT2D eigenvalue weighted by Crippen LogP contribution is 2.43. The second-order valence-electron chi connectivity index (χ2n) is 8.98. The smallest absolute Gasteiger partial charge is 0.270 e. The lowest BCUT2D eigenvalue weighted by atomic mass is 9.76. The molecule has 1 aromatic heterocycles. The number of amides is 1. The van der Waals surface area contributed by atoms with Crippen LogP contribution in [0, 0.1) is 17.3 Å². The molecule has 1 N–H and O–H groups in total. The van der Waals surface area contributed by atoms with E-state index in [2.05, 4.69) is 36.0 Å². The number of piperazine rings is 1. The minimum atomic E-state index is -0.658. The summed E-state index contributed by atoms with van der Waals surface area (Å²) in [5.41, 5.74) is 0.820. The van der Waals surface area contributed by atoms with E-state index < -0.39 is 18.5 Å². The molecule has 0 aromatic carbocycles. The van der Waals surface area contributed by atoms with Gasteiger partial charge in [0.15, 0.2) is 0 Å². The van der Waals surface area contributed by atoms with Crippen molar-refractivity contribution in [2.45, 2.75) is 52.5 Å². The van der Waals surface area contributed by atoms with Crippen LogP contribution < -0.4 is 10.2 Å². The number of rotatable bonds is 7. The minimum absolute atomic E-state index is 0.0196. The Bertz CT molecular complexity index is 704. The summed E-state index contributed by atoms with van der Waals surface area (Å²) in [7, 11) is 0. The van der Waals surface area contributed by atoms with Crippen LogP contribution in [0.15, 0.2) is 12.1 Å². The molecule has 1 saturated carbocycles. The highest BCUT2D eigenvalue weighted by Gasteiger charge is 2.37. The molecule has 5 nitrogen and oxygen atoms in total. The van der Waals surface area contributed by atoms with Gasteiger partial charge in [0.2, 0.25) is 5.95 Å². The molecule has 2 heterocycles. The average molecular weight is 409 g/mol. The highest BCUT2D eigenvalue weighted by molar-refractivity contribution is 5.92. The fourth-order valence-corrected chi connectivity index (χ4v) is 4.66. The van der Waals surface area contributed by atoms with E-state index in [4.69, 9.17) is 0 Å². The monoisotopic (exact) mass is 408 g/mol. The van der Waals surface area contributed by atoms with Crippen LogP contribution in [0.5, 0.6) is 0 Å². The molecule has 162 valence electrons. The van der Waals surface area contributed by atoms with E-state index >= 15 is 0 Å². The van der Waals surface area contributed by atoms with Gasteiger partial charge < -0.3 is 10.2 Å². The lowest BCUT2D eigenvalue weighted by molar-refractivity contribution is 0.0944. The highest BCUT2D eigenvalue weighted by atomic mass is 19.1.